The average molecular weight is 535 g/mol. The van der Waals surface area contributed by atoms with Gasteiger partial charge in [-0.1, -0.05) is 6.07 Å². The van der Waals surface area contributed by atoms with Gasteiger partial charge in [-0.05, 0) is 119 Å². The van der Waals surface area contributed by atoms with E-state index >= 15 is 0 Å². The first-order valence-corrected chi connectivity index (χ1v) is 14.8. The Morgan fingerprint density at radius 2 is 1.68 bits per heavy atom. The summed E-state index contributed by atoms with van der Waals surface area (Å²) in [4.78, 5) is 15.3. The van der Waals surface area contributed by atoms with Crippen molar-refractivity contribution < 1.29 is 42.8 Å². The number of carbonyl (C=O) groups excluding carboxylic acids is 1. The fourth-order valence-corrected chi connectivity index (χ4v) is 7.59. The summed E-state index contributed by atoms with van der Waals surface area (Å²) in [5.41, 5.74) is 6.19. The molecule has 1 aromatic carbocycles. The maximum Gasteiger partial charge on any atom is 1.00 e. The maximum atomic E-state index is 13.7. The summed E-state index contributed by atoms with van der Waals surface area (Å²) in [6.45, 7) is 1.59. The van der Waals surface area contributed by atoms with Crippen LogP contribution in [-0.4, -0.2) is 55.3 Å². The van der Waals surface area contributed by atoms with E-state index in [0.717, 1.165) is 81.3 Å². The fourth-order valence-electron chi connectivity index (χ4n) is 6.30. The van der Waals surface area contributed by atoms with Crippen molar-refractivity contribution in [2.45, 2.75) is 82.7 Å². The van der Waals surface area contributed by atoms with Gasteiger partial charge in [0.25, 0.3) is 10.2 Å². The van der Waals surface area contributed by atoms with Gasteiger partial charge in [0.05, 0.1) is 17.9 Å². The molecule has 9 nitrogen and oxygen atoms in total. The number of nitrogens with one attached hydrogen (secondary N) is 1. The second kappa shape index (κ2) is 10.9. The number of fused-ring (bicyclic) bond motifs is 2. The zero-order valence-corrected chi connectivity index (χ0v) is 24.8. The van der Waals surface area contributed by atoms with Crippen LogP contribution >= 0.6 is 0 Å². The van der Waals surface area contributed by atoms with Gasteiger partial charge in [0.15, 0.2) is 6.03 Å². The van der Waals surface area contributed by atoms with Gasteiger partial charge in [0.2, 0.25) is 0 Å². The minimum Gasteiger partial charge on any atom is -0.423 e. The zero-order chi connectivity index (χ0) is 24.9. The summed E-state index contributed by atoms with van der Waals surface area (Å²) in [7, 11) is -2.23. The number of urea groups is 1. The molecule has 1 saturated carbocycles. The monoisotopic (exact) mass is 534 g/mol. The Morgan fingerprint density at radius 1 is 1.03 bits per heavy atom. The minimum absolute atomic E-state index is 0. The predicted octanol–water partition coefficient (Wildman–Crippen LogP) is 1.34. The third-order valence-electron chi connectivity index (χ3n) is 8.46. The number of hydrogen-bond donors (Lipinski definition) is 1. The molecule has 0 atom stereocenters. The van der Waals surface area contributed by atoms with Crippen molar-refractivity contribution in [1.29, 1.82) is 0 Å². The number of aryl methyl sites for hydroxylation is 2. The van der Waals surface area contributed by atoms with E-state index in [0.29, 0.717) is 24.6 Å². The Kier molecular flexibility index (Phi) is 7.94. The number of rotatable bonds is 6. The fraction of sp³-hybridized carbons (Fsp3) is 0.615. The van der Waals surface area contributed by atoms with Crippen molar-refractivity contribution in [1.82, 2.24) is 14.7 Å². The average Bonchev–Trinajstić information content (AvgIpc) is 3.54. The SMILES string of the molecule is CN1CCC(N(c2cnn(C3CCC3)c2)S(=O)(=O)[N-]C(=O)Nc2c3c(cc4c2CCC4)CCC3)CC1.[Na+]. The van der Waals surface area contributed by atoms with Gasteiger partial charge < -0.3 is 14.9 Å². The van der Waals surface area contributed by atoms with Gasteiger partial charge in [0, 0.05) is 12.2 Å². The zero-order valence-electron chi connectivity index (χ0n) is 21.9. The molecule has 1 saturated heterocycles. The van der Waals surface area contributed by atoms with Crippen molar-refractivity contribution in [3.63, 3.8) is 0 Å². The van der Waals surface area contributed by atoms with E-state index in [1.54, 1.807) is 6.20 Å². The molecule has 4 aliphatic rings. The first kappa shape index (κ1) is 27.0. The van der Waals surface area contributed by atoms with Gasteiger partial charge in [-0.2, -0.15) is 5.10 Å². The van der Waals surface area contributed by atoms with Gasteiger partial charge in [-0.25, -0.2) is 8.42 Å². The van der Waals surface area contributed by atoms with E-state index < -0.39 is 16.2 Å². The molecule has 0 bridgehead atoms. The van der Waals surface area contributed by atoms with Crippen LogP contribution in [0.2, 0.25) is 0 Å². The van der Waals surface area contributed by atoms with E-state index in [4.69, 9.17) is 0 Å². The van der Waals surface area contributed by atoms with Crippen LogP contribution in [0.3, 0.4) is 0 Å². The third kappa shape index (κ3) is 5.32. The summed E-state index contributed by atoms with van der Waals surface area (Å²) in [5.74, 6) is 0. The molecule has 11 heteroatoms. The molecule has 6 rings (SSSR count). The molecule has 0 spiro atoms. The van der Waals surface area contributed by atoms with Crippen molar-refractivity contribution >= 4 is 27.6 Å². The number of carbonyl (C=O) groups is 1. The predicted molar refractivity (Wildman–Crippen MR) is 140 cm³/mol. The molecule has 2 fully saturated rings. The molecule has 2 heterocycles. The van der Waals surface area contributed by atoms with Crippen LogP contribution in [0.4, 0.5) is 16.2 Å². The van der Waals surface area contributed by atoms with Crippen LogP contribution in [0, 0.1) is 0 Å². The van der Waals surface area contributed by atoms with E-state index in [1.165, 1.54) is 21.9 Å². The van der Waals surface area contributed by atoms with Gasteiger partial charge in [0.1, 0.15) is 0 Å². The third-order valence-corrected chi connectivity index (χ3v) is 9.87. The topological polar surface area (TPSA) is 102 Å². The van der Waals surface area contributed by atoms with E-state index in [-0.39, 0.29) is 35.6 Å². The quantitative estimate of drug-likeness (QED) is 0.564. The molecule has 3 aliphatic carbocycles. The second-order valence-corrected chi connectivity index (χ2v) is 12.3. The van der Waals surface area contributed by atoms with Gasteiger partial charge in [-0.3, -0.25) is 13.8 Å². The van der Waals surface area contributed by atoms with E-state index in [1.807, 2.05) is 17.9 Å². The van der Waals surface area contributed by atoms with Crippen molar-refractivity contribution in [3.05, 3.63) is 45.4 Å². The van der Waals surface area contributed by atoms with Crippen LogP contribution in [0.25, 0.3) is 4.72 Å². The van der Waals surface area contributed by atoms with Crippen LogP contribution < -0.4 is 39.2 Å². The largest absolute Gasteiger partial charge is 1.00 e. The van der Waals surface area contributed by atoms with Crippen LogP contribution in [0.15, 0.2) is 18.5 Å². The van der Waals surface area contributed by atoms with Crippen LogP contribution in [0.5, 0.6) is 0 Å². The molecule has 194 valence electrons. The van der Waals surface area contributed by atoms with Gasteiger partial charge >= 0.3 is 29.6 Å². The standard InChI is InChI=1S/C26H36N6O3S.Na/c1-30-13-11-21(12-14-30)32(22-16-27-31(17-22)20-7-4-8-20)36(34,35)29-26(33)28-25-23-9-2-5-18(23)15-19-6-3-10-24(19)25;/h15-17,20-21H,2-14H2,1H3,(H2,28,29,33);/q;+1/p-1. The number of aromatic nitrogens is 2. The van der Waals surface area contributed by atoms with Crippen LogP contribution in [0.1, 0.15) is 73.2 Å². The molecule has 1 aliphatic heterocycles. The number of amides is 2. The summed E-state index contributed by atoms with van der Waals surface area (Å²) in [5, 5.41) is 7.38. The molecule has 1 aromatic heterocycles. The van der Waals surface area contributed by atoms with Crippen molar-refractivity contribution in [2.75, 3.05) is 29.8 Å². The summed E-state index contributed by atoms with van der Waals surface area (Å²) < 4.78 is 34.4. The Labute approximate surface area is 241 Å². The molecule has 1 N–H and O–H groups in total. The number of nitrogens with zero attached hydrogens (tertiary/aromatic N) is 5. The van der Waals surface area contributed by atoms with Gasteiger partial charge in [-0.15, -0.1) is 0 Å². The number of piperidine rings is 1. The number of hydrogen-bond acceptors (Lipinski definition) is 5. The smallest absolute Gasteiger partial charge is 0.423 e. The van der Waals surface area contributed by atoms with E-state index in [2.05, 4.69) is 26.1 Å². The number of likely N-dealkylation sites (tertiary alicyclic amines) is 1. The maximum absolute atomic E-state index is 13.7. The minimum atomic E-state index is -4.27. The first-order valence-electron chi connectivity index (χ1n) is 13.4. The molecule has 2 amide bonds. The number of anilines is 2. The Morgan fingerprint density at radius 3 is 2.27 bits per heavy atom. The van der Waals surface area contributed by atoms with E-state index in [9.17, 15) is 13.2 Å². The summed E-state index contributed by atoms with van der Waals surface area (Å²) in [6, 6.07) is 1.54. The Balaban J connectivity index is 0.00000280. The number of benzene rings is 1. The molecule has 37 heavy (non-hydrogen) atoms. The van der Waals surface area contributed by atoms with Crippen molar-refractivity contribution in [3.8, 4) is 0 Å². The molecular weight excluding hydrogens is 499 g/mol. The summed E-state index contributed by atoms with van der Waals surface area (Å²) >= 11 is 0. The first-order chi connectivity index (χ1) is 17.4. The van der Waals surface area contributed by atoms with Crippen molar-refractivity contribution in [2.24, 2.45) is 0 Å². The van der Waals surface area contributed by atoms with Crippen LogP contribution in [-0.2, 0) is 35.9 Å². The normalized spacial score (nSPS) is 20.0. The Bertz CT molecular complexity index is 1240. The molecule has 0 unspecified atom stereocenters. The molecule has 0 radical (unpaired) electrons. The molecular formula is C26H35N6NaO3S. The molecule has 2 aromatic rings. The second-order valence-electron chi connectivity index (χ2n) is 10.8. The summed E-state index contributed by atoms with van der Waals surface area (Å²) in [6.07, 6.45) is 14.0. The Hall–Kier alpha value is -1.59.